The van der Waals surface area contributed by atoms with Gasteiger partial charge in [0.2, 0.25) is 0 Å². The quantitative estimate of drug-likeness (QED) is 0.841. The molecule has 1 aliphatic heterocycles. The van der Waals surface area contributed by atoms with E-state index in [0.717, 1.165) is 38.4 Å². The summed E-state index contributed by atoms with van der Waals surface area (Å²) in [5.74, 6) is 0. The molecule has 0 spiro atoms. The van der Waals surface area contributed by atoms with Crippen molar-refractivity contribution in [3.8, 4) is 0 Å². The number of aromatic nitrogens is 1. The Morgan fingerprint density at radius 1 is 1.65 bits per heavy atom. The molecule has 1 aliphatic rings. The fourth-order valence-corrected chi connectivity index (χ4v) is 2.76. The lowest BCUT2D eigenvalue weighted by molar-refractivity contribution is 0.0751. The number of likely N-dealkylation sites (N-methyl/N-ethyl adjacent to an activating group) is 1. The molecule has 1 aromatic heterocycles. The SMILES string of the molecule is CCN(CCc1csc(N)n1)CC1CCCO1. The van der Waals surface area contributed by atoms with E-state index in [2.05, 4.69) is 22.2 Å². The number of nitrogens with two attached hydrogens (primary N) is 1. The molecule has 1 saturated heterocycles. The topological polar surface area (TPSA) is 51.4 Å². The van der Waals surface area contributed by atoms with Crippen LogP contribution in [0.15, 0.2) is 5.38 Å². The van der Waals surface area contributed by atoms with Crippen molar-refractivity contribution in [3.63, 3.8) is 0 Å². The zero-order valence-corrected chi connectivity index (χ0v) is 11.2. The Labute approximate surface area is 107 Å². The zero-order valence-electron chi connectivity index (χ0n) is 10.4. The largest absolute Gasteiger partial charge is 0.377 e. The molecule has 0 radical (unpaired) electrons. The van der Waals surface area contributed by atoms with Crippen molar-refractivity contribution in [2.45, 2.75) is 32.3 Å². The minimum atomic E-state index is 0.440. The smallest absolute Gasteiger partial charge is 0.180 e. The maximum Gasteiger partial charge on any atom is 0.180 e. The Morgan fingerprint density at radius 2 is 2.53 bits per heavy atom. The summed E-state index contributed by atoms with van der Waals surface area (Å²) in [5, 5.41) is 2.72. The summed E-state index contributed by atoms with van der Waals surface area (Å²) >= 11 is 1.52. The summed E-state index contributed by atoms with van der Waals surface area (Å²) in [6.07, 6.45) is 3.84. The van der Waals surface area contributed by atoms with Crippen LogP contribution in [-0.2, 0) is 11.2 Å². The number of hydrogen-bond acceptors (Lipinski definition) is 5. The molecule has 17 heavy (non-hydrogen) atoms. The van der Waals surface area contributed by atoms with E-state index in [9.17, 15) is 0 Å². The second-order valence-corrected chi connectivity index (χ2v) is 5.35. The van der Waals surface area contributed by atoms with Gasteiger partial charge in [-0.1, -0.05) is 6.92 Å². The van der Waals surface area contributed by atoms with Crippen LogP contribution in [0.3, 0.4) is 0 Å². The molecule has 1 atom stereocenters. The van der Waals surface area contributed by atoms with Crippen LogP contribution in [0.25, 0.3) is 0 Å². The van der Waals surface area contributed by atoms with Gasteiger partial charge in [-0.15, -0.1) is 11.3 Å². The predicted molar refractivity (Wildman–Crippen MR) is 71.3 cm³/mol. The van der Waals surface area contributed by atoms with Gasteiger partial charge in [0.15, 0.2) is 5.13 Å². The first-order valence-electron chi connectivity index (χ1n) is 6.31. The van der Waals surface area contributed by atoms with Gasteiger partial charge in [0, 0.05) is 31.5 Å². The number of anilines is 1. The van der Waals surface area contributed by atoms with Gasteiger partial charge in [0.05, 0.1) is 11.8 Å². The molecule has 4 nitrogen and oxygen atoms in total. The number of hydrogen-bond donors (Lipinski definition) is 1. The minimum absolute atomic E-state index is 0.440. The molecule has 2 rings (SSSR count). The van der Waals surface area contributed by atoms with Crippen LogP contribution in [0.5, 0.6) is 0 Å². The molecule has 1 aromatic rings. The molecule has 0 aliphatic carbocycles. The first-order valence-corrected chi connectivity index (χ1v) is 7.19. The van der Waals surface area contributed by atoms with Gasteiger partial charge in [-0.05, 0) is 19.4 Å². The van der Waals surface area contributed by atoms with Crippen LogP contribution in [0, 0.1) is 0 Å². The molecule has 2 N–H and O–H groups in total. The zero-order chi connectivity index (χ0) is 12.1. The number of nitrogen functional groups attached to an aromatic ring is 1. The standard InChI is InChI=1S/C12H21N3OS/c1-2-15(8-11-4-3-7-16-11)6-5-10-9-17-12(13)14-10/h9,11H,2-8H2,1H3,(H2,13,14). The lowest BCUT2D eigenvalue weighted by atomic mass is 10.2. The minimum Gasteiger partial charge on any atom is -0.377 e. The maximum absolute atomic E-state index is 5.67. The fraction of sp³-hybridized carbons (Fsp3) is 0.750. The van der Waals surface area contributed by atoms with Crippen molar-refractivity contribution in [2.75, 3.05) is 32.0 Å². The summed E-state index contributed by atoms with van der Waals surface area (Å²) in [5.41, 5.74) is 6.73. The number of rotatable bonds is 6. The highest BCUT2D eigenvalue weighted by atomic mass is 32.1. The Kier molecular flexibility index (Phi) is 4.76. The van der Waals surface area contributed by atoms with Gasteiger partial charge in [-0.3, -0.25) is 0 Å². The predicted octanol–water partition coefficient (Wildman–Crippen LogP) is 1.77. The molecule has 0 amide bonds. The Hall–Kier alpha value is -0.650. The first-order chi connectivity index (χ1) is 8.28. The highest BCUT2D eigenvalue weighted by Crippen LogP contribution is 2.15. The monoisotopic (exact) mass is 255 g/mol. The van der Waals surface area contributed by atoms with Crippen molar-refractivity contribution in [1.82, 2.24) is 9.88 Å². The number of ether oxygens (including phenoxy) is 1. The second-order valence-electron chi connectivity index (χ2n) is 4.46. The van der Waals surface area contributed by atoms with Crippen LogP contribution in [0.2, 0.25) is 0 Å². The molecule has 1 fully saturated rings. The van der Waals surface area contributed by atoms with E-state index in [1.54, 1.807) is 0 Å². The van der Waals surface area contributed by atoms with Crippen molar-refractivity contribution in [3.05, 3.63) is 11.1 Å². The van der Waals surface area contributed by atoms with E-state index >= 15 is 0 Å². The molecular formula is C12H21N3OS. The highest BCUT2D eigenvalue weighted by Gasteiger charge is 2.18. The average molecular weight is 255 g/mol. The third-order valence-corrected chi connectivity index (χ3v) is 3.91. The van der Waals surface area contributed by atoms with E-state index in [4.69, 9.17) is 10.5 Å². The first kappa shape index (κ1) is 12.8. The van der Waals surface area contributed by atoms with E-state index in [0.29, 0.717) is 11.2 Å². The van der Waals surface area contributed by atoms with Crippen LogP contribution < -0.4 is 5.73 Å². The van der Waals surface area contributed by atoms with Crippen LogP contribution in [0.4, 0.5) is 5.13 Å². The van der Waals surface area contributed by atoms with Crippen molar-refractivity contribution in [2.24, 2.45) is 0 Å². The molecular weight excluding hydrogens is 234 g/mol. The van der Waals surface area contributed by atoms with Crippen molar-refractivity contribution in [1.29, 1.82) is 0 Å². The van der Waals surface area contributed by atoms with Crippen molar-refractivity contribution < 1.29 is 4.74 Å². The fourth-order valence-electron chi connectivity index (χ4n) is 2.16. The summed E-state index contributed by atoms with van der Waals surface area (Å²) < 4.78 is 5.67. The van der Waals surface area contributed by atoms with E-state index < -0.39 is 0 Å². The Morgan fingerprint density at radius 3 is 3.12 bits per heavy atom. The van der Waals surface area contributed by atoms with Crippen LogP contribution in [-0.4, -0.2) is 42.2 Å². The maximum atomic E-state index is 5.67. The number of thiazole rings is 1. The van der Waals surface area contributed by atoms with E-state index in [-0.39, 0.29) is 0 Å². The lowest BCUT2D eigenvalue weighted by Crippen LogP contribution is -2.33. The van der Waals surface area contributed by atoms with Gasteiger partial charge >= 0.3 is 0 Å². The third kappa shape index (κ3) is 3.94. The normalized spacial score (nSPS) is 20.2. The summed E-state index contributed by atoms with van der Waals surface area (Å²) in [6.45, 7) is 6.30. The molecule has 5 heteroatoms. The van der Waals surface area contributed by atoms with Crippen LogP contribution >= 0.6 is 11.3 Å². The van der Waals surface area contributed by atoms with Gasteiger partial charge in [-0.25, -0.2) is 4.98 Å². The second kappa shape index (κ2) is 6.33. The molecule has 2 heterocycles. The lowest BCUT2D eigenvalue weighted by Gasteiger charge is -2.23. The van der Waals surface area contributed by atoms with Gasteiger partial charge in [-0.2, -0.15) is 0 Å². The summed E-state index contributed by atoms with van der Waals surface area (Å²) in [6, 6.07) is 0. The molecule has 0 bridgehead atoms. The van der Waals surface area contributed by atoms with Gasteiger partial charge in [0.1, 0.15) is 0 Å². The van der Waals surface area contributed by atoms with Gasteiger partial charge in [0.25, 0.3) is 0 Å². The van der Waals surface area contributed by atoms with Gasteiger partial charge < -0.3 is 15.4 Å². The molecule has 0 saturated carbocycles. The molecule has 1 unspecified atom stereocenters. The van der Waals surface area contributed by atoms with Crippen molar-refractivity contribution >= 4 is 16.5 Å². The molecule has 96 valence electrons. The van der Waals surface area contributed by atoms with Crippen LogP contribution in [0.1, 0.15) is 25.5 Å². The summed E-state index contributed by atoms with van der Waals surface area (Å²) in [7, 11) is 0. The molecule has 0 aromatic carbocycles. The van der Waals surface area contributed by atoms with E-state index in [1.807, 2.05) is 0 Å². The Bertz CT molecular complexity index is 336. The average Bonchev–Trinajstić information content (AvgIpc) is 2.96. The van der Waals surface area contributed by atoms with E-state index in [1.165, 1.54) is 24.2 Å². The summed E-state index contributed by atoms with van der Waals surface area (Å²) in [4.78, 5) is 6.72. The third-order valence-electron chi connectivity index (χ3n) is 3.19. The number of nitrogens with zero attached hydrogens (tertiary/aromatic N) is 2. The Balaban J connectivity index is 1.74. The highest BCUT2D eigenvalue weighted by molar-refractivity contribution is 7.13.